The molecule has 0 unspecified atom stereocenters. The van der Waals surface area contributed by atoms with E-state index in [1.165, 1.54) is 24.3 Å². The van der Waals surface area contributed by atoms with Gasteiger partial charge < -0.3 is 9.84 Å². The minimum atomic E-state index is -4.89. The average molecular weight is 301 g/mol. The lowest BCUT2D eigenvalue weighted by molar-refractivity contribution is -0.143. The second-order valence-corrected chi connectivity index (χ2v) is 3.93. The summed E-state index contributed by atoms with van der Waals surface area (Å²) < 4.78 is 44.6. The Hall–Kier alpha value is -2.58. The van der Waals surface area contributed by atoms with Crippen LogP contribution in [-0.4, -0.2) is 32.7 Å². The number of rotatable bonds is 4. The summed E-state index contributed by atoms with van der Waals surface area (Å²) in [4.78, 5) is 10.8. The van der Waals surface area contributed by atoms with Gasteiger partial charge >= 0.3 is 12.1 Å². The minimum absolute atomic E-state index is 0.0331. The third-order valence-electron chi connectivity index (χ3n) is 2.53. The summed E-state index contributed by atoms with van der Waals surface area (Å²) in [6.45, 7) is 2.19. The molecule has 112 valence electrons. The molecule has 0 aliphatic rings. The second kappa shape index (κ2) is 5.43. The number of halogens is 3. The number of alkyl halides is 3. The zero-order valence-corrected chi connectivity index (χ0v) is 10.8. The lowest BCUT2D eigenvalue weighted by Crippen LogP contribution is -2.17. The molecule has 2 aromatic rings. The van der Waals surface area contributed by atoms with Crippen LogP contribution in [0.15, 0.2) is 24.3 Å². The van der Waals surface area contributed by atoms with Crippen LogP contribution in [0.1, 0.15) is 23.1 Å². The molecule has 0 saturated carbocycles. The molecule has 6 nitrogen and oxygen atoms in total. The third kappa shape index (κ3) is 2.96. The Morgan fingerprint density at radius 3 is 2.43 bits per heavy atom. The predicted molar refractivity (Wildman–Crippen MR) is 64.5 cm³/mol. The first-order valence-corrected chi connectivity index (χ1v) is 5.84. The molecular formula is C12H10F3N3O3. The van der Waals surface area contributed by atoms with Gasteiger partial charge in [0.15, 0.2) is 5.69 Å². The molecule has 1 aromatic carbocycles. The second-order valence-electron chi connectivity index (χ2n) is 3.93. The van der Waals surface area contributed by atoms with Crippen molar-refractivity contribution in [1.82, 2.24) is 15.0 Å². The maximum atomic E-state index is 13.0. The zero-order valence-electron chi connectivity index (χ0n) is 10.8. The van der Waals surface area contributed by atoms with Crippen LogP contribution in [0, 0.1) is 0 Å². The highest BCUT2D eigenvalue weighted by Crippen LogP contribution is 2.32. The highest BCUT2D eigenvalue weighted by Gasteiger charge is 2.42. The van der Waals surface area contributed by atoms with E-state index in [1.807, 2.05) is 0 Å². The quantitative estimate of drug-likeness (QED) is 0.938. The van der Waals surface area contributed by atoms with E-state index in [0.717, 1.165) is 0 Å². The molecule has 0 amide bonds. The van der Waals surface area contributed by atoms with Gasteiger partial charge in [-0.25, -0.2) is 9.48 Å². The topological polar surface area (TPSA) is 77.2 Å². The smallest absolute Gasteiger partial charge is 0.436 e. The van der Waals surface area contributed by atoms with Crippen LogP contribution in [0.25, 0.3) is 5.69 Å². The number of ether oxygens (including phenoxy) is 1. The van der Waals surface area contributed by atoms with Crippen LogP contribution in [-0.2, 0) is 6.18 Å². The average Bonchev–Trinajstić information content (AvgIpc) is 2.85. The third-order valence-corrected chi connectivity index (χ3v) is 2.53. The molecule has 1 heterocycles. The molecule has 1 aromatic heterocycles. The van der Waals surface area contributed by atoms with E-state index in [0.29, 0.717) is 17.0 Å². The summed E-state index contributed by atoms with van der Waals surface area (Å²) in [5.74, 6) is -1.31. The summed E-state index contributed by atoms with van der Waals surface area (Å²) in [6, 6.07) is 5.59. The number of nitrogens with zero attached hydrogens (tertiary/aromatic N) is 3. The highest BCUT2D eigenvalue weighted by atomic mass is 19.4. The van der Waals surface area contributed by atoms with Crippen LogP contribution in [0.3, 0.4) is 0 Å². The summed E-state index contributed by atoms with van der Waals surface area (Å²) >= 11 is 0. The van der Waals surface area contributed by atoms with Gasteiger partial charge in [-0.2, -0.15) is 13.2 Å². The van der Waals surface area contributed by atoms with Crippen molar-refractivity contribution in [2.45, 2.75) is 13.1 Å². The first-order valence-electron chi connectivity index (χ1n) is 5.84. The van der Waals surface area contributed by atoms with Crippen molar-refractivity contribution in [3.05, 3.63) is 35.7 Å². The van der Waals surface area contributed by atoms with Crippen molar-refractivity contribution < 1.29 is 27.8 Å². The first-order chi connectivity index (χ1) is 9.84. The molecule has 1 N–H and O–H groups in total. The molecule has 0 atom stereocenters. The van der Waals surface area contributed by atoms with Crippen molar-refractivity contribution in [2.24, 2.45) is 0 Å². The molecule has 9 heteroatoms. The number of hydrogen-bond donors (Lipinski definition) is 1. The van der Waals surface area contributed by atoms with E-state index in [9.17, 15) is 18.0 Å². The van der Waals surface area contributed by atoms with E-state index in [2.05, 4.69) is 10.3 Å². The molecule has 0 fully saturated rings. The van der Waals surface area contributed by atoms with Gasteiger partial charge in [0.1, 0.15) is 5.75 Å². The van der Waals surface area contributed by atoms with Crippen molar-refractivity contribution in [2.75, 3.05) is 6.61 Å². The van der Waals surface area contributed by atoms with Crippen LogP contribution in [0.2, 0.25) is 0 Å². The van der Waals surface area contributed by atoms with Gasteiger partial charge in [-0.3, -0.25) is 0 Å². The van der Waals surface area contributed by atoms with Crippen LogP contribution in [0.4, 0.5) is 13.2 Å². The normalized spacial score (nSPS) is 11.4. The zero-order chi connectivity index (χ0) is 15.6. The Morgan fingerprint density at radius 1 is 1.33 bits per heavy atom. The monoisotopic (exact) mass is 301 g/mol. The van der Waals surface area contributed by atoms with Gasteiger partial charge in [0.2, 0.25) is 5.69 Å². The number of hydrogen-bond acceptors (Lipinski definition) is 4. The Labute approximate surface area is 116 Å². The molecule has 2 rings (SSSR count). The van der Waals surface area contributed by atoms with Gasteiger partial charge in [-0.05, 0) is 31.2 Å². The van der Waals surface area contributed by atoms with Gasteiger partial charge in [0.05, 0.1) is 12.3 Å². The number of carbonyl (C=O) groups is 1. The van der Waals surface area contributed by atoms with Crippen molar-refractivity contribution in [3.8, 4) is 11.4 Å². The van der Waals surface area contributed by atoms with Crippen LogP contribution >= 0.6 is 0 Å². The summed E-state index contributed by atoms with van der Waals surface area (Å²) in [5, 5.41) is 15.1. The SMILES string of the molecule is CCOc1ccc(-n2nnc(C(=O)O)c2C(F)(F)F)cc1. The molecule has 0 radical (unpaired) electrons. The Balaban J connectivity index is 2.51. The maximum absolute atomic E-state index is 13.0. The van der Waals surface area contributed by atoms with E-state index in [4.69, 9.17) is 9.84 Å². The molecule has 21 heavy (non-hydrogen) atoms. The lowest BCUT2D eigenvalue weighted by Gasteiger charge is -2.10. The van der Waals surface area contributed by atoms with E-state index in [1.54, 1.807) is 6.92 Å². The Morgan fingerprint density at radius 2 is 1.95 bits per heavy atom. The fourth-order valence-corrected chi connectivity index (χ4v) is 1.71. The minimum Gasteiger partial charge on any atom is -0.494 e. The van der Waals surface area contributed by atoms with E-state index < -0.39 is 23.5 Å². The van der Waals surface area contributed by atoms with Gasteiger partial charge in [-0.1, -0.05) is 5.21 Å². The predicted octanol–water partition coefficient (Wildman–Crippen LogP) is 2.38. The number of aromatic nitrogens is 3. The van der Waals surface area contributed by atoms with Crippen molar-refractivity contribution >= 4 is 5.97 Å². The van der Waals surface area contributed by atoms with Crippen molar-refractivity contribution in [3.63, 3.8) is 0 Å². The summed E-state index contributed by atoms with van der Waals surface area (Å²) in [5.41, 5.74) is -2.54. The summed E-state index contributed by atoms with van der Waals surface area (Å²) in [7, 11) is 0. The standard InChI is InChI=1S/C12H10F3N3O3/c1-2-21-8-5-3-7(4-6-8)18-10(12(13,14)15)9(11(19)20)16-17-18/h3-6H,2H2,1H3,(H,19,20). The number of carboxylic acids is 1. The molecule has 0 saturated heterocycles. The largest absolute Gasteiger partial charge is 0.494 e. The van der Waals surface area contributed by atoms with Crippen LogP contribution in [0.5, 0.6) is 5.75 Å². The van der Waals surface area contributed by atoms with E-state index in [-0.39, 0.29) is 5.69 Å². The molecule has 0 spiro atoms. The molecule has 0 bridgehead atoms. The Kier molecular flexibility index (Phi) is 3.83. The molecule has 0 aliphatic carbocycles. The number of benzene rings is 1. The number of carboxylic acid groups (broad SMARTS) is 1. The van der Waals surface area contributed by atoms with Crippen LogP contribution < -0.4 is 4.74 Å². The lowest BCUT2D eigenvalue weighted by atomic mass is 10.2. The fraction of sp³-hybridized carbons (Fsp3) is 0.250. The van der Waals surface area contributed by atoms with Crippen molar-refractivity contribution in [1.29, 1.82) is 0 Å². The fourth-order valence-electron chi connectivity index (χ4n) is 1.71. The summed E-state index contributed by atoms with van der Waals surface area (Å²) in [6.07, 6.45) is -4.89. The van der Waals surface area contributed by atoms with E-state index >= 15 is 0 Å². The van der Waals surface area contributed by atoms with Gasteiger partial charge in [0, 0.05) is 0 Å². The number of aromatic carboxylic acids is 1. The highest BCUT2D eigenvalue weighted by molar-refractivity contribution is 5.86. The molecule has 0 aliphatic heterocycles. The maximum Gasteiger partial charge on any atom is 0.436 e. The van der Waals surface area contributed by atoms with Gasteiger partial charge in [-0.15, -0.1) is 5.10 Å². The Bertz CT molecular complexity index is 650. The first kappa shape index (κ1) is 14.8. The van der Waals surface area contributed by atoms with Gasteiger partial charge in [0.25, 0.3) is 0 Å². The molecular weight excluding hydrogens is 291 g/mol.